The number of aromatic nitrogens is 4. The molecule has 8 rings (SSSR count). The Morgan fingerprint density at radius 2 is 1.44 bits per heavy atom. The summed E-state index contributed by atoms with van der Waals surface area (Å²) in [6, 6.07) is 12.6. The molecule has 4 aliphatic carbocycles. The van der Waals surface area contributed by atoms with E-state index >= 15 is 0 Å². The van der Waals surface area contributed by atoms with Crippen LogP contribution in [0, 0.1) is 23.7 Å². The topological polar surface area (TPSA) is 51.6 Å². The minimum absolute atomic E-state index is 0. The Hall–Kier alpha value is -1.33. The largest absolute Gasteiger partial charge is 2.00 e. The monoisotopic (exact) mass is 712 g/mol. The van der Waals surface area contributed by atoms with Gasteiger partial charge in [-0.05, 0) is 67.4 Å². The van der Waals surface area contributed by atoms with E-state index in [2.05, 4.69) is 73.8 Å². The van der Waals surface area contributed by atoms with Crippen LogP contribution in [0.25, 0.3) is 0 Å². The minimum atomic E-state index is -1.74. The van der Waals surface area contributed by atoms with Crippen molar-refractivity contribution in [3.05, 3.63) is 96.1 Å². The summed E-state index contributed by atoms with van der Waals surface area (Å²) in [5.74, 6) is 3.32. The van der Waals surface area contributed by atoms with Crippen LogP contribution >= 0.6 is 18.5 Å². The van der Waals surface area contributed by atoms with Crippen LogP contribution in [0.1, 0.15) is 54.6 Å². The normalized spacial score (nSPS) is 25.8. The summed E-state index contributed by atoms with van der Waals surface area (Å²) in [7, 11) is 3.04. The molecule has 0 radical (unpaired) electrons. The molecule has 0 saturated heterocycles. The van der Waals surface area contributed by atoms with Gasteiger partial charge in [-0.15, -0.1) is 18.5 Å². The van der Waals surface area contributed by atoms with Crippen molar-refractivity contribution < 1.29 is 17.1 Å². The molecule has 4 saturated carbocycles. The molecule has 2 aromatic heterocycles. The van der Waals surface area contributed by atoms with Crippen molar-refractivity contribution in [1.82, 2.24) is 19.9 Å². The Balaban J connectivity index is 0.000000609. The van der Waals surface area contributed by atoms with E-state index in [9.17, 15) is 0 Å². The molecule has 45 heavy (non-hydrogen) atoms. The van der Waals surface area contributed by atoms with Gasteiger partial charge >= 0.3 is 17.1 Å². The quantitative estimate of drug-likeness (QED) is 0.116. The summed E-state index contributed by atoms with van der Waals surface area (Å²) in [4.78, 5) is 19.1. The Morgan fingerprint density at radius 3 is 1.84 bits per heavy atom. The van der Waals surface area contributed by atoms with Gasteiger partial charge in [-0.2, -0.15) is 39.7 Å². The van der Waals surface area contributed by atoms with Crippen LogP contribution in [0.4, 0.5) is 0 Å². The Labute approximate surface area is 288 Å². The van der Waals surface area contributed by atoms with Crippen molar-refractivity contribution in [3.8, 4) is 0 Å². The van der Waals surface area contributed by atoms with Crippen molar-refractivity contribution in [2.45, 2.75) is 82.0 Å². The Morgan fingerprint density at radius 1 is 0.889 bits per heavy atom. The van der Waals surface area contributed by atoms with Crippen LogP contribution in [0.3, 0.4) is 0 Å². The molecular weight excluding hydrogens is 662 g/mol. The third kappa shape index (κ3) is 6.32. The van der Waals surface area contributed by atoms with Gasteiger partial charge in [-0.1, -0.05) is 39.3 Å². The summed E-state index contributed by atoms with van der Waals surface area (Å²) in [5, 5.41) is 2.84. The molecule has 0 spiro atoms. The summed E-state index contributed by atoms with van der Waals surface area (Å²) >= 11 is 0. The molecule has 4 bridgehead atoms. The van der Waals surface area contributed by atoms with Gasteiger partial charge in [0.25, 0.3) is 0 Å². The van der Waals surface area contributed by atoms with Gasteiger partial charge in [-0.25, -0.2) is 18.2 Å². The molecule has 0 N–H and O–H groups in total. The van der Waals surface area contributed by atoms with Gasteiger partial charge in [0.15, 0.2) is 0 Å². The van der Waals surface area contributed by atoms with E-state index in [-0.39, 0.29) is 22.5 Å². The van der Waals surface area contributed by atoms with Gasteiger partial charge in [0.2, 0.25) is 0 Å². The fourth-order valence-corrected chi connectivity index (χ4v) is 16.5. The first-order valence-corrected chi connectivity index (χ1v) is 24.8. The number of rotatable bonds is 7. The minimum Gasteiger partial charge on any atom is -0.261 e. The van der Waals surface area contributed by atoms with Crippen LogP contribution in [-0.2, 0) is 27.6 Å². The van der Waals surface area contributed by atoms with E-state index in [4.69, 9.17) is 9.97 Å². The molecular formula is C36H50FeN4P2Si2. The summed E-state index contributed by atoms with van der Waals surface area (Å²) < 4.78 is 0. The molecule has 0 amide bonds. The number of nitrogens with zero attached hydrogens (tertiary/aromatic N) is 4. The maximum absolute atomic E-state index is 4.96. The zero-order chi connectivity index (χ0) is 31.3. The van der Waals surface area contributed by atoms with Gasteiger partial charge in [0.1, 0.15) is 0 Å². The van der Waals surface area contributed by atoms with Crippen molar-refractivity contribution in [2.75, 3.05) is 6.16 Å². The Kier molecular flexibility index (Phi) is 10.3. The summed E-state index contributed by atoms with van der Waals surface area (Å²) in [6.07, 6.45) is 19.4. The summed E-state index contributed by atoms with van der Waals surface area (Å²) in [5.41, 5.74) is 5.24. The average molecular weight is 713 g/mol. The molecule has 0 aliphatic heterocycles. The van der Waals surface area contributed by atoms with Crippen molar-refractivity contribution in [3.63, 3.8) is 0 Å². The van der Waals surface area contributed by atoms with Crippen molar-refractivity contribution in [1.29, 1.82) is 0 Å². The zero-order valence-corrected chi connectivity index (χ0v) is 33.2. The van der Waals surface area contributed by atoms with Crippen molar-refractivity contribution >= 4 is 45.0 Å². The number of hydrogen-bond donors (Lipinski definition) is 0. The molecule has 5 atom stereocenters. The second kappa shape index (κ2) is 13.3. The molecule has 4 fully saturated rings. The second-order valence-corrected chi connectivity index (χ2v) is 27.2. The summed E-state index contributed by atoms with van der Waals surface area (Å²) in [6.45, 7) is 15.4. The first-order chi connectivity index (χ1) is 20.9. The molecule has 4 aliphatic rings. The molecule has 4 aromatic rings. The first kappa shape index (κ1) is 35.0. The van der Waals surface area contributed by atoms with Crippen LogP contribution in [-0.4, -0.2) is 42.2 Å². The third-order valence-corrected chi connectivity index (χ3v) is 16.5. The molecule has 5 unspecified atom stereocenters. The van der Waals surface area contributed by atoms with Crippen LogP contribution in [0.15, 0.2) is 73.6 Å². The fourth-order valence-electron chi connectivity index (χ4n) is 9.44. The predicted molar refractivity (Wildman–Crippen MR) is 197 cm³/mol. The maximum Gasteiger partial charge on any atom is 2.00 e. The van der Waals surface area contributed by atoms with Gasteiger partial charge in [0, 0.05) is 50.4 Å². The first-order valence-electron chi connectivity index (χ1n) is 16.4. The number of hydrogen-bond acceptors (Lipinski definition) is 4. The molecule has 240 valence electrons. The smallest absolute Gasteiger partial charge is 0.261 e. The van der Waals surface area contributed by atoms with E-state index in [0.717, 1.165) is 35.1 Å². The van der Waals surface area contributed by atoms with Crippen LogP contribution in [0.5, 0.6) is 0 Å². The van der Waals surface area contributed by atoms with E-state index in [1.165, 1.54) is 43.8 Å². The SMILES string of the molecule is C[Si](C)(C)c1cc(C(P)(c2cnccn2)c2cnccn2)c(C23CC4CC(CC(C4)C2CP)C3)[c-]1[Si](C)(C)C.[Fe+2].c1cc[cH-]c1. The van der Waals surface area contributed by atoms with Gasteiger partial charge < -0.3 is 0 Å². The molecule has 4 nitrogen and oxygen atoms in total. The second-order valence-electron chi connectivity index (χ2n) is 15.8. The Bertz CT molecular complexity index is 1480. The van der Waals surface area contributed by atoms with E-state index in [1.54, 1.807) is 28.3 Å². The van der Waals surface area contributed by atoms with Crippen LogP contribution in [0.2, 0.25) is 39.3 Å². The molecule has 2 aromatic carbocycles. The fraction of sp³-hybridized carbons (Fsp3) is 0.500. The van der Waals surface area contributed by atoms with Gasteiger partial charge in [-0.3, -0.25) is 19.9 Å². The standard InChI is InChI=1S/C31H45N4P2Si2.C5H5.Fe/c1-38(2,3)25-14-23(31(37,26-17-32-7-9-34-26)27-18-33-8-10-35-27)28(29(25)39(4,5)6)30-15-20-11-21(16-30)13-22(12-20)24(30)19-36;1-2-4-5-3-1;/h7-10,14,17-18,20-22,24H,11-13,15-16,19,36-37H2,1-6H3;1-5H;/q2*-1;+2. The third-order valence-electron chi connectivity index (χ3n) is 10.8. The van der Waals surface area contributed by atoms with E-state index in [0.29, 0.717) is 0 Å². The zero-order valence-electron chi connectivity index (χ0n) is 27.8. The van der Waals surface area contributed by atoms with Crippen LogP contribution < -0.4 is 10.4 Å². The van der Waals surface area contributed by atoms with E-state index < -0.39 is 21.3 Å². The molecule has 9 heteroatoms. The molecule has 2 heterocycles. The predicted octanol–water partition coefficient (Wildman–Crippen LogP) is 7.21. The van der Waals surface area contributed by atoms with E-state index in [1.807, 2.05) is 55.1 Å². The van der Waals surface area contributed by atoms with Crippen molar-refractivity contribution in [2.24, 2.45) is 23.7 Å². The maximum atomic E-state index is 4.96. The average Bonchev–Trinajstić information content (AvgIpc) is 3.70. The van der Waals surface area contributed by atoms with Gasteiger partial charge in [0.05, 0.1) is 19.5 Å².